The number of hydrogen-bond acceptors (Lipinski definition) is 3. The lowest BCUT2D eigenvalue weighted by molar-refractivity contribution is -0.137. The molecule has 1 aromatic heterocycles. The first-order chi connectivity index (χ1) is 6.00. The first-order valence-electron chi connectivity index (χ1n) is 3.77. The van der Waals surface area contributed by atoms with Crippen LogP contribution in [0.5, 0.6) is 0 Å². The van der Waals surface area contributed by atoms with E-state index in [2.05, 4.69) is 4.98 Å². The van der Waals surface area contributed by atoms with Crippen LogP contribution in [-0.2, 0) is 11.3 Å². The number of hydrogen-bond donors (Lipinski definition) is 1. The van der Waals surface area contributed by atoms with E-state index in [9.17, 15) is 9.59 Å². The lowest BCUT2D eigenvalue weighted by Crippen LogP contribution is -2.28. The van der Waals surface area contributed by atoms with Gasteiger partial charge >= 0.3 is 11.7 Å². The molecule has 86 valence electrons. The van der Waals surface area contributed by atoms with Crippen molar-refractivity contribution >= 4 is 18.4 Å². The summed E-state index contributed by atoms with van der Waals surface area (Å²) in [6.07, 6.45) is 0. The van der Waals surface area contributed by atoms with Crippen molar-refractivity contribution in [2.45, 2.75) is 20.4 Å². The fourth-order valence-corrected chi connectivity index (χ4v) is 1.10. The summed E-state index contributed by atoms with van der Waals surface area (Å²) in [5, 5.41) is 8.50. The van der Waals surface area contributed by atoms with Crippen molar-refractivity contribution in [2.75, 3.05) is 0 Å². The number of aryl methyl sites for hydroxylation is 2. The van der Waals surface area contributed by atoms with Crippen LogP contribution in [-0.4, -0.2) is 26.1 Å². The SMILES string of the molecule is Cc1cc(C)n(CC(=O)O)c(=O)n1.Cl.O. The zero-order valence-corrected chi connectivity index (χ0v) is 9.17. The molecule has 0 aliphatic carbocycles. The van der Waals surface area contributed by atoms with Crippen molar-refractivity contribution in [1.29, 1.82) is 0 Å². The molecule has 0 spiro atoms. The van der Waals surface area contributed by atoms with Crippen LogP contribution >= 0.6 is 12.4 Å². The topological polar surface area (TPSA) is 104 Å². The molecule has 0 aromatic carbocycles. The summed E-state index contributed by atoms with van der Waals surface area (Å²) < 4.78 is 1.12. The lowest BCUT2D eigenvalue weighted by atomic mass is 10.3. The van der Waals surface area contributed by atoms with Crippen molar-refractivity contribution < 1.29 is 15.4 Å². The maximum atomic E-state index is 11.2. The van der Waals surface area contributed by atoms with Gasteiger partial charge in [-0.15, -0.1) is 12.4 Å². The van der Waals surface area contributed by atoms with Gasteiger partial charge in [0, 0.05) is 11.4 Å². The minimum atomic E-state index is -1.05. The standard InChI is InChI=1S/C8H10N2O3.ClH.H2O/c1-5-3-6(2)10(4-7(11)12)8(13)9-5;;/h3H,4H2,1-2H3,(H,11,12);1H;1H2. The molecule has 0 saturated carbocycles. The normalized spacial score (nSPS) is 8.67. The number of rotatable bonds is 2. The Morgan fingerprint density at radius 1 is 1.53 bits per heavy atom. The fraction of sp³-hybridized carbons (Fsp3) is 0.375. The van der Waals surface area contributed by atoms with E-state index in [-0.39, 0.29) is 24.4 Å². The lowest BCUT2D eigenvalue weighted by Gasteiger charge is -2.05. The monoisotopic (exact) mass is 236 g/mol. The van der Waals surface area contributed by atoms with Gasteiger partial charge in [-0.25, -0.2) is 4.79 Å². The number of aliphatic carboxylic acids is 1. The van der Waals surface area contributed by atoms with E-state index in [0.717, 1.165) is 4.57 Å². The molecule has 0 atom stereocenters. The summed E-state index contributed by atoms with van der Waals surface area (Å²) in [5.74, 6) is -1.05. The van der Waals surface area contributed by atoms with Crippen LogP contribution in [0.15, 0.2) is 10.9 Å². The van der Waals surface area contributed by atoms with Crippen LogP contribution in [0.4, 0.5) is 0 Å². The molecular formula is C8H13ClN2O4. The minimum Gasteiger partial charge on any atom is -0.480 e. The van der Waals surface area contributed by atoms with Crippen LogP contribution in [0, 0.1) is 13.8 Å². The van der Waals surface area contributed by atoms with E-state index in [4.69, 9.17) is 5.11 Å². The third kappa shape index (κ3) is 4.09. The first-order valence-corrected chi connectivity index (χ1v) is 3.77. The van der Waals surface area contributed by atoms with Crippen LogP contribution < -0.4 is 5.69 Å². The van der Waals surface area contributed by atoms with Gasteiger partial charge < -0.3 is 10.6 Å². The summed E-state index contributed by atoms with van der Waals surface area (Å²) in [7, 11) is 0. The number of carbonyl (C=O) groups is 1. The van der Waals surface area contributed by atoms with Crippen LogP contribution in [0.3, 0.4) is 0 Å². The highest BCUT2D eigenvalue weighted by Gasteiger charge is 2.05. The number of carboxylic acid groups (broad SMARTS) is 1. The highest BCUT2D eigenvalue weighted by Crippen LogP contribution is 1.95. The van der Waals surface area contributed by atoms with E-state index in [1.54, 1.807) is 19.9 Å². The Labute approximate surface area is 92.3 Å². The van der Waals surface area contributed by atoms with Gasteiger partial charge in [0.2, 0.25) is 0 Å². The second-order valence-corrected chi connectivity index (χ2v) is 2.80. The summed E-state index contributed by atoms with van der Waals surface area (Å²) in [6, 6.07) is 1.67. The Hall–Kier alpha value is -1.40. The molecule has 3 N–H and O–H groups in total. The Morgan fingerprint density at radius 3 is 2.47 bits per heavy atom. The van der Waals surface area contributed by atoms with Crippen LogP contribution in [0.25, 0.3) is 0 Å². The predicted molar refractivity (Wildman–Crippen MR) is 56.5 cm³/mol. The molecule has 7 heteroatoms. The van der Waals surface area contributed by atoms with E-state index in [1.807, 2.05) is 0 Å². The van der Waals surface area contributed by atoms with Crippen LogP contribution in [0.1, 0.15) is 11.4 Å². The van der Waals surface area contributed by atoms with E-state index < -0.39 is 11.7 Å². The third-order valence-electron chi connectivity index (χ3n) is 1.64. The Balaban J connectivity index is 0. The Kier molecular flexibility index (Phi) is 6.58. The molecule has 1 heterocycles. The molecule has 1 aromatic rings. The molecule has 0 saturated heterocycles. The molecule has 0 amide bonds. The Bertz CT molecular complexity index is 402. The molecule has 0 aliphatic rings. The molecule has 15 heavy (non-hydrogen) atoms. The first kappa shape index (κ1) is 16.0. The Morgan fingerprint density at radius 2 is 2.07 bits per heavy atom. The van der Waals surface area contributed by atoms with E-state index in [0.29, 0.717) is 11.4 Å². The van der Waals surface area contributed by atoms with Gasteiger partial charge in [-0.3, -0.25) is 9.36 Å². The molecule has 6 nitrogen and oxygen atoms in total. The zero-order valence-electron chi connectivity index (χ0n) is 8.35. The quantitative estimate of drug-likeness (QED) is 0.750. The highest BCUT2D eigenvalue weighted by molar-refractivity contribution is 5.85. The van der Waals surface area contributed by atoms with Crippen molar-refractivity contribution in [3.63, 3.8) is 0 Å². The molecule has 0 aliphatic heterocycles. The van der Waals surface area contributed by atoms with Crippen molar-refractivity contribution in [3.8, 4) is 0 Å². The third-order valence-corrected chi connectivity index (χ3v) is 1.64. The highest BCUT2D eigenvalue weighted by atomic mass is 35.5. The smallest absolute Gasteiger partial charge is 0.348 e. The summed E-state index contributed by atoms with van der Waals surface area (Å²) in [5.41, 5.74) is 0.698. The zero-order chi connectivity index (χ0) is 10.0. The summed E-state index contributed by atoms with van der Waals surface area (Å²) in [4.78, 5) is 25.2. The molecule has 0 bridgehead atoms. The predicted octanol–water partition coefficient (Wildman–Crippen LogP) is -0.458. The molecule has 1 rings (SSSR count). The van der Waals surface area contributed by atoms with Gasteiger partial charge in [0.15, 0.2) is 0 Å². The maximum absolute atomic E-state index is 11.2. The second-order valence-electron chi connectivity index (χ2n) is 2.80. The second kappa shape index (κ2) is 6.15. The van der Waals surface area contributed by atoms with Gasteiger partial charge in [0.05, 0.1) is 0 Å². The van der Waals surface area contributed by atoms with E-state index in [1.165, 1.54) is 0 Å². The largest absolute Gasteiger partial charge is 0.480 e. The summed E-state index contributed by atoms with van der Waals surface area (Å²) in [6.45, 7) is 3.04. The van der Waals surface area contributed by atoms with Gasteiger partial charge in [-0.2, -0.15) is 4.98 Å². The average molecular weight is 237 g/mol. The number of halogens is 1. The van der Waals surface area contributed by atoms with Gasteiger partial charge in [-0.05, 0) is 19.9 Å². The number of carboxylic acids is 1. The van der Waals surface area contributed by atoms with Crippen molar-refractivity contribution in [3.05, 3.63) is 27.9 Å². The van der Waals surface area contributed by atoms with Gasteiger partial charge in [-0.1, -0.05) is 0 Å². The summed E-state index contributed by atoms with van der Waals surface area (Å²) >= 11 is 0. The van der Waals surface area contributed by atoms with Crippen molar-refractivity contribution in [1.82, 2.24) is 9.55 Å². The maximum Gasteiger partial charge on any atom is 0.348 e. The van der Waals surface area contributed by atoms with Crippen molar-refractivity contribution in [2.24, 2.45) is 0 Å². The minimum absolute atomic E-state index is 0. The van der Waals surface area contributed by atoms with Crippen LogP contribution in [0.2, 0.25) is 0 Å². The van der Waals surface area contributed by atoms with Gasteiger partial charge in [0.25, 0.3) is 0 Å². The molecule has 0 radical (unpaired) electrons. The molecule has 0 unspecified atom stereocenters. The van der Waals surface area contributed by atoms with E-state index >= 15 is 0 Å². The average Bonchev–Trinajstić information content (AvgIpc) is 1.96. The van der Waals surface area contributed by atoms with Gasteiger partial charge in [0.1, 0.15) is 6.54 Å². The molecule has 0 fully saturated rings. The fourth-order valence-electron chi connectivity index (χ4n) is 1.10. The molecular weight excluding hydrogens is 224 g/mol. The number of nitrogens with zero attached hydrogens (tertiary/aromatic N) is 2. The number of aromatic nitrogens is 2.